The number of halogens is 1. The average Bonchev–Trinajstić information content (AvgIpc) is 3.25. The van der Waals surface area contributed by atoms with Crippen LogP contribution in [0.1, 0.15) is 46.9 Å². The van der Waals surface area contributed by atoms with Crippen LogP contribution in [0.2, 0.25) is 0 Å². The van der Waals surface area contributed by atoms with Crippen LogP contribution in [0.5, 0.6) is 0 Å². The maximum atomic E-state index is 13.3. The SMILES string of the molecule is CC(C)c1c(C(=O)NCc2cccc(CN3CCN(C)CC3)c2)cnn1-c1ccc(F)cc1. The third-order valence-electron chi connectivity index (χ3n) is 6.12. The molecule has 1 amide bonds. The topological polar surface area (TPSA) is 53.4 Å². The molecule has 1 aliphatic heterocycles. The number of carbonyl (C=O) groups excluding carboxylic acids is 1. The minimum Gasteiger partial charge on any atom is -0.348 e. The molecule has 2 heterocycles. The second-order valence-corrected chi connectivity index (χ2v) is 9.07. The summed E-state index contributed by atoms with van der Waals surface area (Å²) < 4.78 is 15.1. The molecule has 7 heteroatoms. The summed E-state index contributed by atoms with van der Waals surface area (Å²) in [4.78, 5) is 17.9. The van der Waals surface area contributed by atoms with Crippen LogP contribution in [0.25, 0.3) is 5.69 Å². The van der Waals surface area contributed by atoms with Crippen LogP contribution < -0.4 is 5.32 Å². The van der Waals surface area contributed by atoms with Crippen LogP contribution in [0.4, 0.5) is 4.39 Å². The highest BCUT2D eigenvalue weighted by atomic mass is 19.1. The minimum atomic E-state index is -0.301. The fraction of sp³-hybridized carbons (Fsp3) is 0.385. The fourth-order valence-corrected chi connectivity index (χ4v) is 4.26. The van der Waals surface area contributed by atoms with E-state index in [1.807, 2.05) is 19.9 Å². The number of amides is 1. The maximum Gasteiger partial charge on any atom is 0.255 e. The Balaban J connectivity index is 1.43. The third kappa shape index (κ3) is 5.67. The summed E-state index contributed by atoms with van der Waals surface area (Å²) >= 11 is 0. The highest BCUT2D eigenvalue weighted by molar-refractivity contribution is 5.95. The first-order chi connectivity index (χ1) is 15.9. The Morgan fingerprint density at radius 1 is 1.06 bits per heavy atom. The Morgan fingerprint density at radius 2 is 1.76 bits per heavy atom. The minimum absolute atomic E-state index is 0.0743. The Bertz CT molecular complexity index is 1080. The lowest BCUT2D eigenvalue weighted by molar-refractivity contribution is 0.0949. The molecule has 33 heavy (non-hydrogen) atoms. The second kappa shape index (κ2) is 10.3. The van der Waals surface area contributed by atoms with Crippen LogP contribution in [0, 0.1) is 5.82 Å². The number of aromatic nitrogens is 2. The van der Waals surface area contributed by atoms with E-state index >= 15 is 0 Å². The van der Waals surface area contributed by atoms with E-state index in [9.17, 15) is 9.18 Å². The molecule has 6 nitrogen and oxygen atoms in total. The summed E-state index contributed by atoms with van der Waals surface area (Å²) in [5, 5.41) is 7.47. The molecule has 0 bridgehead atoms. The number of nitrogens with zero attached hydrogens (tertiary/aromatic N) is 4. The van der Waals surface area contributed by atoms with Crippen molar-refractivity contribution in [3.63, 3.8) is 0 Å². The summed E-state index contributed by atoms with van der Waals surface area (Å²) in [5.41, 5.74) is 4.42. The first-order valence-corrected chi connectivity index (χ1v) is 11.5. The Labute approximate surface area is 195 Å². The molecule has 3 aromatic rings. The van der Waals surface area contributed by atoms with Crippen molar-refractivity contribution in [1.82, 2.24) is 24.9 Å². The number of nitrogens with one attached hydrogen (secondary N) is 1. The third-order valence-corrected chi connectivity index (χ3v) is 6.12. The molecule has 174 valence electrons. The van der Waals surface area contributed by atoms with Crippen LogP contribution in [0.15, 0.2) is 54.7 Å². The molecule has 0 atom stereocenters. The van der Waals surface area contributed by atoms with Crippen LogP contribution >= 0.6 is 0 Å². The molecule has 0 saturated carbocycles. The Hall–Kier alpha value is -3.03. The molecule has 0 spiro atoms. The standard InChI is InChI=1S/C26H32FN5O/c1-19(2)25-24(17-29-32(25)23-9-7-22(27)8-10-23)26(33)28-16-20-5-4-6-21(15-20)18-31-13-11-30(3)12-14-31/h4-10,15,17,19H,11-14,16,18H2,1-3H3,(H,28,33). The molecular weight excluding hydrogens is 417 g/mol. The van der Waals surface area contributed by atoms with Crippen LogP contribution in [-0.4, -0.2) is 58.7 Å². The number of carbonyl (C=O) groups is 1. The van der Waals surface area contributed by atoms with Crippen LogP contribution in [-0.2, 0) is 13.1 Å². The lowest BCUT2D eigenvalue weighted by Gasteiger charge is -2.32. The molecule has 4 rings (SSSR count). The van der Waals surface area contributed by atoms with Gasteiger partial charge in [-0.2, -0.15) is 5.10 Å². The quantitative estimate of drug-likeness (QED) is 0.596. The molecule has 1 aromatic heterocycles. The van der Waals surface area contributed by atoms with Crippen molar-refractivity contribution in [3.8, 4) is 5.69 Å². The zero-order valence-electron chi connectivity index (χ0n) is 19.6. The maximum absolute atomic E-state index is 13.3. The van der Waals surface area contributed by atoms with E-state index in [1.54, 1.807) is 23.0 Å². The second-order valence-electron chi connectivity index (χ2n) is 9.07. The lowest BCUT2D eigenvalue weighted by Crippen LogP contribution is -2.43. The van der Waals surface area contributed by atoms with E-state index < -0.39 is 0 Å². The van der Waals surface area contributed by atoms with Gasteiger partial charge in [0.2, 0.25) is 0 Å². The van der Waals surface area contributed by atoms with Crippen molar-refractivity contribution < 1.29 is 9.18 Å². The lowest BCUT2D eigenvalue weighted by atomic mass is 10.0. The van der Waals surface area contributed by atoms with E-state index in [0.717, 1.165) is 49.7 Å². The molecule has 1 saturated heterocycles. The summed E-state index contributed by atoms with van der Waals surface area (Å²) in [6, 6.07) is 14.5. The number of benzene rings is 2. The van der Waals surface area contributed by atoms with E-state index in [0.29, 0.717) is 12.1 Å². The van der Waals surface area contributed by atoms with Gasteiger partial charge in [-0.05, 0) is 48.4 Å². The molecule has 1 aliphatic rings. The summed E-state index contributed by atoms with van der Waals surface area (Å²) in [6.07, 6.45) is 1.60. The number of likely N-dealkylation sites (N-methyl/N-ethyl adjacent to an activating group) is 1. The highest BCUT2D eigenvalue weighted by Gasteiger charge is 2.21. The van der Waals surface area contributed by atoms with Gasteiger partial charge in [-0.3, -0.25) is 9.69 Å². The fourth-order valence-electron chi connectivity index (χ4n) is 4.26. The normalized spacial score (nSPS) is 15.2. The monoisotopic (exact) mass is 449 g/mol. The molecule has 1 fully saturated rings. The molecular formula is C26H32FN5O. The highest BCUT2D eigenvalue weighted by Crippen LogP contribution is 2.23. The van der Waals surface area contributed by atoms with Gasteiger partial charge in [0.25, 0.3) is 5.91 Å². The predicted octanol–water partition coefficient (Wildman–Crippen LogP) is 3.81. The molecule has 0 radical (unpaired) electrons. The zero-order valence-corrected chi connectivity index (χ0v) is 19.6. The van der Waals surface area contributed by atoms with Gasteiger partial charge in [-0.25, -0.2) is 9.07 Å². The Morgan fingerprint density at radius 3 is 2.45 bits per heavy atom. The van der Waals surface area contributed by atoms with Gasteiger partial charge in [0, 0.05) is 39.3 Å². The van der Waals surface area contributed by atoms with Gasteiger partial charge < -0.3 is 10.2 Å². The molecule has 2 aromatic carbocycles. The van der Waals surface area contributed by atoms with Gasteiger partial charge in [0.05, 0.1) is 23.1 Å². The smallest absolute Gasteiger partial charge is 0.255 e. The average molecular weight is 450 g/mol. The van der Waals surface area contributed by atoms with Crippen molar-refractivity contribution in [1.29, 1.82) is 0 Å². The van der Waals surface area contributed by atoms with Crippen LogP contribution in [0.3, 0.4) is 0 Å². The van der Waals surface area contributed by atoms with Crippen molar-refractivity contribution in [3.05, 3.63) is 82.9 Å². The first-order valence-electron chi connectivity index (χ1n) is 11.5. The number of rotatable bonds is 7. The van der Waals surface area contributed by atoms with Crippen molar-refractivity contribution in [2.24, 2.45) is 0 Å². The number of hydrogen-bond donors (Lipinski definition) is 1. The predicted molar refractivity (Wildman–Crippen MR) is 128 cm³/mol. The summed E-state index contributed by atoms with van der Waals surface area (Å²) in [7, 11) is 2.16. The summed E-state index contributed by atoms with van der Waals surface area (Å²) in [6.45, 7) is 9.78. The van der Waals surface area contributed by atoms with E-state index in [4.69, 9.17) is 0 Å². The van der Waals surface area contributed by atoms with E-state index in [1.165, 1.54) is 17.7 Å². The van der Waals surface area contributed by atoms with Crippen molar-refractivity contribution in [2.45, 2.75) is 32.9 Å². The molecule has 0 aliphatic carbocycles. The number of hydrogen-bond acceptors (Lipinski definition) is 4. The Kier molecular flexibility index (Phi) is 7.20. The van der Waals surface area contributed by atoms with E-state index in [2.05, 4.69) is 45.5 Å². The van der Waals surface area contributed by atoms with Gasteiger partial charge in [0.1, 0.15) is 5.82 Å². The first kappa shape index (κ1) is 23.1. The molecule has 1 N–H and O–H groups in total. The molecule has 0 unspecified atom stereocenters. The largest absolute Gasteiger partial charge is 0.348 e. The number of piperazine rings is 1. The van der Waals surface area contributed by atoms with Gasteiger partial charge in [-0.15, -0.1) is 0 Å². The van der Waals surface area contributed by atoms with Gasteiger partial charge in [0.15, 0.2) is 0 Å². The van der Waals surface area contributed by atoms with Gasteiger partial charge >= 0.3 is 0 Å². The van der Waals surface area contributed by atoms with Gasteiger partial charge in [-0.1, -0.05) is 38.1 Å². The zero-order chi connectivity index (χ0) is 23.4. The summed E-state index contributed by atoms with van der Waals surface area (Å²) in [5.74, 6) is -0.383. The van der Waals surface area contributed by atoms with Crippen molar-refractivity contribution >= 4 is 5.91 Å². The van der Waals surface area contributed by atoms with E-state index in [-0.39, 0.29) is 17.6 Å². The van der Waals surface area contributed by atoms with Crippen molar-refractivity contribution in [2.75, 3.05) is 33.2 Å².